The Hall–Kier alpha value is -3.36. The van der Waals surface area contributed by atoms with Crippen LogP contribution in [-0.2, 0) is 27.3 Å². The normalized spacial score (nSPS) is 10.2. The first kappa shape index (κ1) is 19.0. The zero-order valence-corrected chi connectivity index (χ0v) is 14.2. The molecule has 1 amide bonds. The van der Waals surface area contributed by atoms with Crippen molar-refractivity contribution >= 4 is 11.9 Å². The SMILES string of the molecule is COc1ccc(CCNC(=O)COC(=O)Cn2ccc(=O)[nH]c2=O)cc1. The Balaban J connectivity index is 1.69. The Morgan fingerprint density at radius 2 is 1.88 bits per heavy atom. The van der Waals surface area contributed by atoms with Crippen molar-refractivity contribution in [1.82, 2.24) is 14.9 Å². The van der Waals surface area contributed by atoms with Crippen LogP contribution < -0.4 is 21.3 Å². The predicted octanol–water partition coefficient (Wildman–Crippen LogP) is -0.553. The van der Waals surface area contributed by atoms with Gasteiger partial charge in [0.2, 0.25) is 0 Å². The van der Waals surface area contributed by atoms with Crippen molar-refractivity contribution in [1.29, 1.82) is 0 Å². The summed E-state index contributed by atoms with van der Waals surface area (Å²) in [6.07, 6.45) is 1.80. The molecule has 0 bridgehead atoms. The van der Waals surface area contributed by atoms with Gasteiger partial charge in [-0.25, -0.2) is 4.79 Å². The zero-order chi connectivity index (χ0) is 18.9. The average molecular weight is 361 g/mol. The van der Waals surface area contributed by atoms with Crippen LogP contribution in [0, 0.1) is 0 Å². The minimum absolute atomic E-state index is 0.391. The fourth-order valence-corrected chi connectivity index (χ4v) is 2.09. The highest BCUT2D eigenvalue weighted by atomic mass is 16.5. The molecular formula is C17H19N3O6. The minimum Gasteiger partial charge on any atom is -0.497 e. The lowest BCUT2D eigenvalue weighted by Gasteiger charge is -2.08. The van der Waals surface area contributed by atoms with Gasteiger partial charge in [-0.1, -0.05) is 12.1 Å². The highest BCUT2D eigenvalue weighted by Crippen LogP contribution is 2.11. The molecule has 0 saturated carbocycles. The van der Waals surface area contributed by atoms with Gasteiger partial charge in [0, 0.05) is 18.8 Å². The van der Waals surface area contributed by atoms with Gasteiger partial charge < -0.3 is 14.8 Å². The van der Waals surface area contributed by atoms with Crippen LogP contribution in [0.1, 0.15) is 5.56 Å². The van der Waals surface area contributed by atoms with E-state index in [9.17, 15) is 19.2 Å². The van der Waals surface area contributed by atoms with Gasteiger partial charge in [0.1, 0.15) is 12.3 Å². The van der Waals surface area contributed by atoms with Gasteiger partial charge in [-0.15, -0.1) is 0 Å². The number of aromatic nitrogens is 2. The number of carbonyl (C=O) groups is 2. The van der Waals surface area contributed by atoms with Crippen LogP contribution in [0.5, 0.6) is 5.75 Å². The van der Waals surface area contributed by atoms with E-state index in [1.54, 1.807) is 7.11 Å². The van der Waals surface area contributed by atoms with Gasteiger partial charge in [-0.05, 0) is 24.1 Å². The van der Waals surface area contributed by atoms with Crippen LogP contribution in [0.3, 0.4) is 0 Å². The van der Waals surface area contributed by atoms with Crippen molar-refractivity contribution in [3.63, 3.8) is 0 Å². The molecule has 2 rings (SSSR count). The van der Waals surface area contributed by atoms with Gasteiger partial charge in [-0.3, -0.25) is 23.9 Å². The Labute approximate surface area is 148 Å². The zero-order valence-electron chi connectivity index (χ0n) is 14.2. The first-order valence-electron chi connectivity index (χ1n) is 7.83. The van der Waals surface area contributed by atoms with E-state index in [-0.39, 0.29) is 0 Å². The number of carbonyl (C=O) groups excluding carboxylic acids is 2. The van der Waals surface area contributed by atoms with Gasteiger partial charge in [0.25, 0.3) is 11.5 Å². The average Bonchev–Trinajstić information content (AvgIpc) is 2.63. The number of amides is 1. The number of aromatic amines is 1. The number of rotatable bonds is 8. The number of hydrogen-bond donors (Lipinski definition) is 2. The van der Waals surface area contributed by atoms with Crippen molar-refractivity contribution in [2.75, 3.05) is 20.3 Å². The lowest BCUT2D eigenvalue weighted by Crippen LogP contribution is -2.34. The monoisotopic (exact) mass is 361 g/mol. The number of nitrogens with one attached hydrogen (secondary N) is 2. The molecule has 9 nitrogen and oxygen atoms in total. The summed E-state index contributed by atoms with van der Waals surface area (Å²) in [6, 6.07) is 8.57. The van der Waals surface area contributed by atoms with Crippen LogP contribution in [0.4, 0.5) is 0 Å². The summed E-state index contributed by atoms with van der Waals surface area (Å²) in [5.41, 5.74) is -0.255. The van der Waals surface area contributed by atoms with Crippen molar-refractivity contribution in [2.45, 2.75) is 13.0 Å². The highest BCUT2D eigenvalue weighted by molar-refractivity contribution is 5.80. The second kappa shape index (κ2) is 9.21. The van der Waals surface area contributed by atoms with Crippen LogP contribution in [0.2, 0.25) is 0 Å². The van der Waals surface area contributed by atoms with Crippen LogP contribution in [0.15, 0.2) is 46.1 Å². The van der Waals surface area contributed by atoms with E-state index in [4.69, 9.17) is 9.47 Å². The van der Waals surface area contributed by atoms with Gasteiger partial charge in [-0.2, -0.15) is 0 Å². The number of benzene rings is 1. The van der Waals surface area contributed by atoms with Crippen LogP contribution >= 0.6 is 0 Å². The fraction of sp³-hybridized carbons (Fsp3) is 0.294. The van der Waals surface area contributed by atoms with Gasteiger partial charge in [0.15, 0.2) is 6.61 Å². The molecule has 0 aliphatic heterocycles. The largest absolute Gasteiger partial charge is 0.497 e. The lowest BCUT2D eigenvalue weighted by atomic mass is 10.1. The molecule has 2 N–H and O–H groups in total. The van der Waals surface area contributed by atoms with E-state index in [1.165, 1.54) is 6.20 Å². The van der Waals surface area contributed by atoms with E-state index in [1.807, 2.05) is 29.2 Å². The van der Waals surface area contributed by atoms with Crippen LogP contribution in [-0.4, -0.2) is 41.7 Å². The molecule has 0 aliphatic carbocycles. The summed E-state index contributed by atoms with van der Waals surface area (Å²) in [5, 5.41) is 2.63. The molecule has 0 saturated heterocycles. The summed E-state index contributed by atoms with van der Waals surface area (Å²) >= 11 is 0. The number of esters is 1. The maximum absolute atomic E-state index is 11.7. The number of hydrogen-bond acceptors (Lipinski definition) is 6. The van der Waals surface area contributed by atoms with Gasteiger partial charge >= 0.3 is 11.7 Å². The fourth-order valence-electron chi connectivity index (χ4n) is 2.09. The van der Waals surface area contributed by atoms with Crippen molar-refractivity contribution in [3.8, 4) is 5.75 Å². The molecule has 0 fully saturated rings. The predicted molar refractivity (Wildman–Crippen MR) is 92.0 cm³/mol. The van der Waals surface area contributed by atoms with E-state index in [2.05, 4.69) is 5.32 Å². The first-order valence-corrected chi connectivity index (χ1v) is 7.83. The maximum atomic E-state index is 11.7. The van der Waals surface area contributed by atoms with Gasteiger partial charge in [0.05, 0.1) is 7.11 Å². The minimum atomic E-state index is -0.760. The molecule has 0 atom stereocenters. The third kappa shape index (κ3) is 5.93. The van der Waals surface area contributed by atoms with E-state index >= 15 is 0 Å². The molecule has 138 valence electrons. The quantitative estimate of drug-likeness (QED) is 0.609. The maximum Gasteiger partial charge on any atom is 0.328 e. The second-order valence-corrected chi connectivity index (χ2v) is 5.35. The molecular weight excluding hydrogens is 342 g/mol. The lowest BCUT2D eigenvalue weighted by molar-refractivity contribution is -0.149. The summed E-state index contributed by atoms with van der Waals surface area (Å²) in [7, 11) is 1.59. The van der Waals surface area contributed by atoms with E-state index in [0.717, 1.165) is 21.9 Å². The summed E-state index contributed by atoms with van der Waals surface area (Å²) < 4.78 is 10.8. The Morgan fingerprint density at radius 3 is 2.54 bits per heavy atom. The number of methoxy groups -OCH3 is 1. The molecule has 0 aliphatic rings. The summed E-state index contributed by atoms with van der Waals surface area (Å²) in [6.45, 7) is -0.448. The third-order valence-corrected chi connectivity index (χ3v) is 3.46. The number of nitrogens with zero attached hydrogens (tertiary/aromatic N) is 1. The first-order chi connectivity index (χ1) is 12.5. The third-order valence-electron chi connectivity index (χ3n) is 3.46. The van der Waals surface area contributed by atoms with Crippen molar-refractivity contribution in [2.24, 2.45) is 0 Å². The Kier molecular flexibility index (Phi) is 6.72. The summed E-state index contributed by atoms with van der Waals surface area (Å²) in [4.78, 5) is 47.7. The Morgan fingerprint density at radius 1 is 1.15 bits per heavy atom. The molecule has 9 heteroatoms. The molecule has 0 unspecified atom stereocenters. The number of H-pyrrole nitrogens is 1. The van der Waals surface area contributed by atoms with E-state index < -0.39 is 36.3 Å². The van der Waals surface area contributed by atoms with Crippen molar-refractivity contribution in [3.05, 3.63) is 62.9 Å². The summed E-state index contributed by atoms with van der Waals surface area (Å²) in [5.74, 6) is -0.448. The van der Waals surface area contributed by atoms with Crippen molar-refractivity contribution < 1.29 is 19.1 Å². The smallest absolute Gasteiger partial charge is 0.328 e. The standard InChI is InChI=1S/C17H19N3O6/c1-25-13-4-2-12(3-5-13)6-8-18-15(22)11-26-16(23)10-20-9-7-14(21)19-17(20)24/h2-5,7,9H,6,8,10-11H2,1H3,(H,18,22)(H,19,21,24). The molecule has 1 aromatic carbocycles. The molecule has 0 radical (unpaired) electrons. The molecule has 1 heterocycles. The number of ether oxygens (including phenoxy) is 2. The molecule has 2 aromatic rings. The molecule has 0 spiro atoms. The van der Waals surface area contributed by atoms with E-state index in [0.29, 0.717) is 13.0 Å². The Bertz CT molecular complexity index is 869. The molecule has 1 aromatic heterocycles. The second-order valence-electron chi connectivity index (χ2n) is 5.35. The highest BCUT2D eigenvalue weighted by Gasteiger charge is 2.09. The topological polar surface area (TPSA) is 119 Å². The van der Waals surface area contributed by atoms with Crippen LogP contribution in [0.25, 0.3) is 0 Å². The molecule has 26 heavy (non-hydrogen) atoms.